The van der Waals surface area contributed by atoms with Crippen LogP contribution >= 0.6 is 34.8 Å². The summed E-state index contributed by atoms with van der Waals surface area (Å²) in [6.07, 6.45) is 0. The van der Waals surface area contributed by atoms with Crippen molar-refractivity contribution in [1.82, 2.24) is 4.98 Å². The second kappa shape index (κ2) is 6.29. The molecule has 0 aliphatic heterocycles. The van der Waals surface area contributed by atoms with E-state index in [1.807, 2.05) is 61.5 Å². The van der Waals surface area contributed by atoms with Crippen LogP contribution in [0, 0.1) is 6.92 Å². The van der Waals surface area contributed by atoms with Gasteiger partial charge in [-0.2, -0.15) is 0 Å². The van der Waals surface area contributed by atoms with Gasteiger partial charge in [0.15, 0.2) is 0 Å². The molecule has 0 radical (unpaired) electrons. The molecule has 0 spiro atoms. The number of pyridine rings is 1. The zero-order valence-electron chi connectivity index (χ0n) is 11.8. The Morgan fingerprint density at radius 3 is 1.77 bits per heavy atom. The van der Waals surface area contributed by atoms with Gasteiger partial charge in [-0.3, -0.25) is 0 Å². The van der Waals surface area contributed by atoms with Crippen LogP contribution in [0.1, 0.15) is 5.56 Å². The number of aryl methyl sites for hydroxylation is 1. The normalized spacial score (nSPS) is 10.7. The smallest absolute Gasteiger partial charge is 0.0898 e. The Morgan fingerprint density at radius 2 is 1.23 bits per heavy atom. The summed E-state index contributed by atoms with van der Waals surface area (Å²) < 4.78 is 0. The Balaban J connectivity index is 2.14. The van der Waals surface area contributed by atoms with E-state index in [1.54, 1.807) is 0 Å². The van der Waals surface area contributed by atoms with Crippen LogP contribution < -0.4 is 0 Å². The third-order valence-corrected chi connectivity index (χ3v) is 4.38. The zero-order valence-corrected chi connectivity index (χ0v) is 14.0. The van der Waals surface area contributed by atoms with E-state index in [1.165, 1.54) is 0 Å². The van der Waals surface area contributed by atoms with Gasteiger partial charge in [-0.25, -0.2) is 4.98 Å². The fourth-order valence-electron chi connectivity index (χ4n) is 2.22. The molecule has 1 aromatic heterocycles. The Labute approximate surface area is 144 Å². The number of benzene rings is 2. The SMILES string of the molecule is Cc1cc(-c2ccc(Cl)cc2)nc(-c2ccc(Cl)cc2)c1Cl. The first-order chi connectivity index (χ1) is 10.5. The molecule has 0 saturated carbocycles. The number of nitrogens with zero attached hydrogens (tertiary/aromatic N) is 1. The summed E-state index contributed by atoms with van der Waals surface area (Å²) in [4.78, 5) is 4.71. The van der Waals surface area contributed by atoms with E-state index in [0.29, 0.717) is 15.1 Å². The largest absolute Gasteiger partial charge is 0.246 e. The fraction of sp³-hybridized carbons (Fsp3) is 0.0556. The second-order valence-corrected chi connectivity index (χ2v) is 6.25. The van der Waals surface area contributed by atoms with E-state index in [4.69, 9.17) is 39.8 Å². The summed E-state index contributed by atoms with van der Waals surface area (Å²) in [5.41, 5.74) is 4.53. The molecule has 3 rings (SSSR count). The molecular weight excluding hydrogens is 337 g/mol. The molecule has 0 N–H and O–H groups in total. The van der Waals surface area contributed by atoms with Gasteiger partial charge in [0.2, 0.25) is 0 Å². The lowest BCUT2D eigenvalue weighted by atomic mass is 10.1. The molecule has 0 aliphatic carbocycles. The predicted molar refractivity (Wildman–Crippen MR) is 94.9 cm³/mol. The van der Waals surface area contributed by atoms with Crippen molar-refractivity contribution in [2.45, 2.75) is 6.92 Å². The van der Waals surface area contributed by atoms with E-state index < -0.39 is 0 Å². The third kappa shape index (κ3) is 3.12. The van der Waals surface area contributed by atoms with E-state index in [9.17, 15) is 0 Å². The van der Waals surface area contributed by atoms with Crippen molar-refractivity contribution < 1.29 is 0 Å². The van der Waals surface area contributed by atoms with Crippen molar-refractivity contribution in [3.8, 4) is 22.5 Å². The molecule has 1 nitrogen and oxygen atoms in total. The lowest BCUT2D eigenvalue weighted by molar-refractivity contribution is 1.29. The van der Waals surface area contributed by atoms with Crippen molar-refractivity contribution in [1.29, 1.82) is 0 Å². The summed E-state index contributed by atoms with van der Waals surface area (Å²) in [7, 11) is 0. The summed E-state index contributed by atoms with van der Waals surface area (Å²) >= 11 is 18.3. The van der Waals surface area contributed by atoms with Gasteiger partial charge in [0.1, 0.15) is 0 Å². The predicted octanol–water partition coefficient (Wildman–Crippen LogP) is 6.68. The number of aromatic nitrogens is 1. The first kappa shape index (κ1) is 15.4. The molecule has 22 heavy (non-hydrogen) atoms. The van der Waals surface area contributed by atoms with E-state index >= 15 is 0 Å². The summed E-state index contributed by atoms with van der Waals surface area (Å²) in [6, 6.07) is 17.1. The quantitative estimate of drug-likeness (QED) is 0.503. The van der Waals surface area contributed by atoms with Gasteiger partial charge in [-0.05, 0) is 42.8 Å². The molecule has 3 aromatic rings. The van der Waals surface area contributed by atoms with Crippen LogP contribution in [0.3, 0.4) is 0 Å². The van der Waals surface area contributed by atoms with Gasteiger partial charge in [0.25, 0.3) is 0 Å². The molecule has 110 valence electrons. The highest BCUT2D eigenvalue weighted by Gasteiger charge is 2.11. The van der Waals surface area contributed by atoms with Gasteiger partial charge in [-0.1, -0.05) is 59.1 Å². The number of hydrogen-bond acceptors (Lipinski definition) is 1. The van der Waals surface area contributed by atoms with Gasteiger partial charge in [0, 0.05) is 21.2 Å². The van der Waals surface area contributed by atoms with Crippen molar-refractivity contribution in [3.63, 3.8) is 0 Å². The Hall–Kier alpha value is -1.54. The summed E-state index contributed by atoms with van der Waals surface area (Å²) in [5, 5.41) is 2.04. The molecule has 0 amide bonds. The monoisotopic (exact) mass is 347 g/mol. The van der Waals surface area contributed by atoms with Gasteiger partial charge in [0.05, 0.1) is 16.4 Å². The van der Waals surface area contributed by atoms with Crippen LogP contribution in [0.15, 0.2) is 54.6 Å². The zero-order chi connectivity index (χ0) is 15.7. The number of rotatable bonds is 2. The summed E-state index contributed by atoms with van der Waals surface area (Å²) in [6.45, 7) is 1.98. The Bertz CT molecular complexity index is 809. The first-order valence-corrected chi connectivity index (χ1v) is 7.87. The van der Waals surface area contributed by atoms with Gasteiger partial charge >= 0.3 is 0 Å². The van der Waals surface area contributed by atoms with Crippen LogP contribution in [0.5, 0.6) is 0 Å². The standard InChI is InChI=1S/C18H12Cl3N/c1-11-10-16(12-2-6-14(19)7-3-12)22-18(17(11)21)13-4-8-15(20)9-5-13/h2-10H,1H3. The van der Waals surface area contributed by atoms with Crippen molar-refractivity contribution >= 4 is 34.8 Å². The lowest BCUT2D eigenvalue weighted by Gasteiger charge is -2.10. The highest BCUT2D eigenvalue weighted by atomic mass is 35.5. The topological polar surface area (TPSA) is 12.9 Å². The van der Waals surface area contributed by atoms with Crippen molar-refractivity contribution in [3.05, 3.63) is 75.2 Å². The first-order valence-electron chi connectivity index (χ1n) is 6.73. The van der Waals surface area contributed by atoms with Crippen LogP contribution in [-0.4, -0.2) is 4.98 Å². The van der Waals surface area contributed by atoms with Gasteiger partial charge in [-0.15, -0.1) is 0 Å². The maximum Gasteiger partial charge on any atom is 0.0898 e. The Morgan fingerprint density at radius 1 is 0.727 bits per heavy atom. The molecule has 2 aromatic carbocycles. The minimum Gasteiger partial charge on any atom is -0.246 e. The summed E-state index contributed by atoms with van der Waals surface area (Å²) in [5.74, 6) is 0. The second-order valence-electron chi connectivity index (χ2n) is 5.00. The van der Waals surface area contributed by atoms with Crippen molar-refractivity contribution in [2.24, 2.45) is 0 Å². The molecule has 0 bridgehead atoms. The molecule has 0 unspecified atom stereocenters. The minimum absolute atomic E-state index is 0.653. The van der Waals surface area contributed by atoms with Crippen molar-refractivity contribution in [2.75, 3.05) is 0 Å². The average Bonchev–Trinajstić information content (AvgIpc) is 2.52. The van der Waals surface area contributed by atoms with E-state index in [-0.39, 0.29) is 0 Å². The average molecular weight is 349 g/mol. The molecule has 0 aliphatic rings. The van der Waals surface area contributed by atoms with Gasteiger partial charge < -0.3 is 0 Å². The number of hydrogen-bond donors (Lipinski definition) is 0. The molecule has 0 saturated heterocycles. The third-order valence-electron chi connectivity index (χ3n) is 3.40. The van der Waals surface area contributed by atoms with E-state index in [0.717, 1.165) is 28.1 Å². The van der Waals surface area contributed by atoms with E-state index in [2.05, 4.69) is 0 Å². The maximum atomic E-state index is 6.44. The minimum atomic E-state index is 0.653. The molecule has 0 fully saturated rings. The Kier molecular flexibility index (Phi) is 4.39. The molecule has 0 atom stereocenters. The highest BCUT2D eigenvalue weighted by molar-refractivity contribution is 6.34. The number of halogens is 3. The van der Waals surface area contributed by atoms with Crippen LogP contribution in [0.25, 0.3) is 22.5 Å². The molecule has 4 heteroatoms. The lowest BCUT2D eigenvalue weighted by Crippen LogP contribution is -1.92. The van der Waals surface area contributed by atoms with Crippen LogP contribution in [0.4, 0.5) is 0 Å². The highest BCUT2D eigenvalue weighted by Crippen LogP contribution is 2.33. The van der Waals surface area contributed by atoms with Crippen LogP contribution in [-0.2, 0) is 0 Å². The molecular formula is C18H12Cl3N. The molecule has 1 heterocycles. The maximum absolute atomic E-state index is 6.44. The fourth-order valence-corrected chi connectivity index (χ4v) is 2.68. The van der Waals surface area contributed by atoms with Crippen LogP contribution in [0.2, 0.25) is 15.1 Å².